The van der Waals surface area contributed by atoms with E-state index in [1.54, 1.807) is 0 Å². The Hall–Kier alpha value is -3.07. The van der Waals surface area contributed by atoms with E-state index in [0.717, 1.165) is 42.7 Å². The molecule has 0 radical (unpaired) electrons. The maximum Gasteiger partial charge on any atom is 0.306 e. The third-order valence-corrected chi connectivity index (χ3v) is 7.34. The van der Waals surface area contributed by atoms with Crippen LogP contribution in [0.2, 0.25) is 0 Å². The molecule has 0 heterocycles. The van der Waals surface area contributed by atoms with E-state index in [2.05, 4.69) is 86.6 Å². The molecule has 0 saturated carbocycles. The van der Waals surface area contributed by atoms with Gasteiger partial charge < -0.3 is 9.47 Å². The standard InChI is InChI=1S/C36H48O3/c1-4-6-8-10-12-16-28-38-33-26-24-32(25-27-33)35-18-15-14-17-34(35)31-22-20-30(21-23-31)29(3)39-36(37)19-13-11-9-7-5-2/h14-15,17-18,20-27,29H,4-13,16,19,28H2,1-3H3. The van der Waals surface area contributed by atoms with Gasteiger partial charge in [0.2, 0.25) is 0 Å². The van der Waals surface area contributed by atoms with Crippen molar-refractivity contribution >= 4 is 5.97 Å². The van der Waals surface area contributed by atoms with Crippen molar-refractivity contribution in [2.45, 2.75) is 104 Å². The number of carbonyl (C=O) groups is 1. The molecule has 0 aromatic heterocycles. The zero-order chi connectivity index (χ0) is 27.7. The fourth-order valence-electron chi connectivity index (χ4n) is 4.92. The van der Waals surface area contributed by atoms with E-state index >= 15 is 0 Å². The maximum atomic E-state index is 12.3. The van der Waals surface area contributed by atoms with E-state index in [0.29, 0.717) is 6.42 Å². The van der Waals surface area contributed by atoms with E-state index in [1.807, 2.05) is 6.92 Å². The molecule has 1 unspecified atom stereocenters. The molecule has 0 amide bonds. The first kappa shape index (κ1) is 30.5. The van der Waals surface area contributed by atoms with Crippen LogP contribution in [-0.4, -0.2) is 12.6 Å². The number of hydrogen-bond donors (Lipinski definition) is 0. The summed E-state index contributed by atoms with van der Waals surface area (Å²) in [6.07, 6.45) is 13.5. The van der Waals surface area contributed by atoms with Gasteiger partial charge in [-0.05, 0) is 59.7 Å². The lowest BCUT2D eigenvalue weighted by molar-refractivity contribution is -0.148. The lowest BCUT2D eigenvalue weighted by atomic mass is 9.93. The Morgan fingerprint density at radius 2 is 1.15 bits per heavy atom. The molecule has 0 bridgehead atoms. The fraction of sp³-hybridized carbons (Fsp3) is 0.472. The van der Waals surface area contributed by atoms with Crippen molar-refractivity contribution in [1.82, 2.24) is 0 Å². The van der Waals surface area contributed by atoms with Gasteiger partial charge in [0.05, 0.1) is 6.61 Å². The summed E-state index contributed by atoms with van der Waals surface area (Å²) in [4.78, 5) is 12.3. The number of esters is 1. The molecule has 0 aliphatic rings. The predicted molar refractivity (Wildman–Crippen MR) is 164 cm³/mol. The molecule has 0 aliphatic heterocycles. The van der Waals surface area contributed by atoms with Crippen LogP contribution in [0, 0.1) is 0 Å². The van der Waals surface area contributed by atoms with Crippen LogP contribution in [0.5, 0.6) is 5.75 Å². The predicted octanol–water partition coefficient (Wildman–Crippen LogP) is 10.7. The number of carbonyl (C=O) groups excluding carboxylic acids is 1. The number of ether oxygens (including phenoxy) is 2. The molecule has 0 N–H and O–H groups in total. The first-order chi connectivity index (χ1) is 19.1. The Morgan fingerprint density at radius 3 is 1.74 bits per heavy atom. The van der Waals surface area contributed by atoms with Gasteiger partial charge in [0, 0.05) is 6.42 Å². The molecular formula is C36H48O3. The molecule has 3 rings (SSSR count). The van der Waals surface area contributed by atoms with Crippen LogP contribution in [0.1, 0.15) is 109 Å². The first-order valence-electron chi connectivity index (χ1n) is 15.2. The Balaban J connectivity index is 1.55. The summed E-state index contributed by atoms with van der Waals surface area (Å²) < 4.78 is 11.7. The monoisotopic (exact) mass is 528 g/mol. The van der Waals surface area contributed by atoms with Crippen molar-refractivity contribution < 1.29 is 14.3 Å². The summed E-state index contributed by atoms with van der Waals surface area (Å²) in [5, 5.41) is 0. The molecule has 3 nitrogen and oxygen atoms in total. The van der Waals surface area contributed by atoms with Crippen molar-refractivity contribution in [2.75, 3.05) is 6.61 Å². The molecule has 210 valence electrons. The Labute approximate surface area is 237 Å². The smallest absolute Gasteiger partial charge is 0.306 e. The number of rotatable bonds is 18. The SMILES string of the molecule is CCCCCCCCOc1ccc(-c2ccccc2-c2ccc(C(C)OC(=O)CCCCCCC)cc2)cc1. The number of benzene rings is 3. The second-order valence-corrected chi connectivity index (χ2v) is 10.6. The minimum absolute atomic E-state index is 0.104. The van der Waals surface area contributed by atoms with Crippen molar-refractivity contribution in [1.29, 1.82) is 0 Å². The zero-order valence-corrected chi connectivity index (χ0v) is 24.4. The highest BCUT2D eigenvalue weighted by Crippen LogP contribution is 2.33. The number of unbranched alkanes of at least 4 members (excludes halogenated alkanes) is 9. The first-order valence-corrected chi connectivity index (χ1v) is 15.2. The Morgan fingerprint density at radius 1 is 0.641 bits per heavy atom. The summed E-state index contributed by atoms with van der Waals surface area (Å²) in [6.45, 7) is 7.18. The summed E-state index contributed by atoms with van der Waals surface area (Å²) in [7, 11) is 0. The highest BCUT2D eigenvalue weighted by atomic mass is 16.5. The molecule has 0 saturated heterocycles. The third-order valence-electron chi connectivity index (χ3n) is 7.34. The molecule has 3 aromatic rings. The Bertz CT molecular complexity index is 1090. The maximum absolute atomic E-state index is 12.3. The van der Waals surface area contributed by atoms with Crippen molar-refractivity contribution in [3.63, 3.8) is 0 Å². The highest BCUT2D eigenvalue weighted by molar-refractivity contribution is 5.83. The minimum atomic E-state index is -0.249. The van der Waals surface area contributed by atoms with Crippen LogP contribution >= 0.6 is 0 Å². The van der Waals surface area contributed by atoms with E-state index in [-0.39, 0.29) is 12.1 Å². The second-order valence-electron chi connectivity index (χ2n) is 10.6. The van der Waals surface area contributed by atoms with Gasteiger partial charge in [-0.2, -0.15) is 0 Å². The molecule has 39 heavy (non-hydrogen) atoms. The van der Waals surface area contributed by atoms with Gasteiger partial charge in [-0.15, -0.1) is 0 Å². The fourth-order valence-corrected chi connectivity index (χ4v) is 4.92. The summed E-state index contributed by atoms with van der Waals surface area (Å²) in [5.74, 6) is 0.825. The minimum Gasteiger partial charge on any atom is -0.494 e. The van der Waals surface area contributed by atoms with Gasteiger partial charge in [-0.1, -0.05) is 132 Å². The van der Waals surface area contributed by atoms with E-state index in [9.17, 15) is 4.79 Å². The van der Waals surface area contributed by atoms with E-state index in [1.165, 1.54) is 68.1 Å². The molecule has 3 heteroatoms. The zero-order valence-electron chi connectivity index (χ0n) is 24.4. The lowest BCUT2D eigenvalue weighted by Crippen LogP contribution is -2.08. The quantitative estimate of drug-likeness (QED) is 0.122. The molecule has 3 aromatic carbocycles. The van der Waals surface area contributed by atoms with Crippen molar-refractivity contribution in [3.05, 3.63) is 78.4 Å². The van der Waals surface area contributed by atoms with Crippen LogP contribution in [0.3, 0.4) is 0 Å². The third kappa shape index (κ3) is 10.5. The summed E-state index contributed by atoms with van der Waals surface area (Å²) >= 11 is 0. The summed E-state index contributed by atoms with van der Waals surface area (Å²) in [6, 6.07) is 25.3. The summed E-state index contributed by atoms with van der Waals surface area (Å²) in [5.41, 5.74) is 5.70. The van der Waals surface area contributed by atoms with Crippen LogP contribution in [-0.2, 0) is 9.53 Å². The highest BCUT2D eigenvalue weighted by Gasteiger charge is 2.13. The number of hydrogen-bond acceptors (Lipinski definition) is 3. The molecule has 1 atom stereocenters. The molecule has 0 aliphatic carbocycles. The molecular weight excluding hydrogens is 480 g/mol. The van der Waals surface area contributed by atoms with Crippen LogP contribution in [0.15, 0.2) is 72.8 Å². The van der Waals surface area contributed by atoms with Crippen LogP contribution in [0.4, 0.5) is 0 Å². The van der Waals surface area contributed by atoms with Gasteiger partial charge in [-0.25, -0.2) is 0 Å². The second kappa shape index (κ2) is 17.5. The van der Waals surface area contributed by atoms with E-state index in [4.69, 9.17) is 9.47 Å². The van der Waals surface area contributed by atoms with Crippen molar-refractivity contribution in [2.24, 2.45) is 0 Å². The Kier molecular flexibility index (Phi) is 13.7. The normalized spacial score (nSPS) is 11.8. The van der Waals surface area contributed by atoms with Gasteiger partial charge >= 0.3 is 5.97 Å². The van der Waals surface area contributed by atoms with Gasteiger partial charge in [0.1, 0.15) is 11.9 Å². The van der Waals surface area contributed by atoms with Crippen LogP contribution < -0.4 is 4.74 Å². The van der Waals surface area contributed by atoms with Gasteiger partial charge in [0.25, 0.3) is 0 Å². The largest absolute Gasteiger partial charge is 0.494 e. The van der Waals surface area contributed by atoms with Crippen molar-refractivity contribution in [3.8, 4) is 28.0 Å². The molecule has 0 fully saturated rings. The van der Waals surface area contributed by atoms with Gasteiger partial charge in [-0.3, -0.25) is 4.79 Å². The van der Waals surface area contributed by atoms with Gasteiger partial charge in [0.15, 0.2) is 0 Å². The lowest BCUT2D eigenvalue weighted by Gasteiger charge is -2.15. The van der Waals surface area contributed by atoms with Crippen LogP contribution in [0.25, 0.3) is 22.3 Å². The molecule has 0 spiro atoms. The van der Waals surface area contributed by atoms with E-state index < -0.39 is 0 Å². The average Bonchev–Trinajstić information content (AvgIpc) is 2.97. The topological polar surface area (TPSA) is 35.5 Å². The average molecular weight is 529 g/mol.